The van der Waals surface area contributed by atoms with E-state index >= 15 is 0 Å². The van der Waals surface area contributed by atoms with Crippen LogP contribution in [0.25, 0.3) is 0 Å². The maximum Gasteiger partial charge on any atom is 0.0332 e. The van der Waals surface area contributed by atoms with E-state index in [-0.39, 0.29) is 5.41 Å². The third kappa shape index (κ3) is 4.15. The average molecular weight is 352 g/mol. The van der Waals surface area contributed by atoms with E-state index in [4.69, 9.17) is 23.2 Å². The third-order valence-electron chi connectivity index (χ3n) is 3.49. The molecule has 1 atom stereocenters. The zero-order valence-electron chi connectivity index (χ0n) is 11.1. The molecule has 102 valence electrons. The van der Waals surface area contributed by atoms with Crippen LogP contribution < -0.4 is 0 Å². The van der Waals surface area contributed by atoms with Gasteiger partial charge in [0.25, 0.3) is 0 Å². The Morgan fingerprint density at radius 2 is 1.72 bits per heavy atom. The zero-order chi connectivity index (χ0) is 13.6. The molecule has 0 bridgehead atoms. The Morgan fingerprint density at radius 3 is 2.17 bits per heavy atom. The first kappa shape index (κ1) is 16.3. The summed E-state index contributed by atoms with van der Waals surface area (Å²) >= 11 is 16.0. The minimum atomic E-state index is -0.0988. The summed E-state index contributed by atoms with van der Waals surface area (Å²) < 4.78 is 1.09. The fourth-order valence-electron chi connectivity index (χ4n) is 2.48. The van der Waals surface area contributed by atoms with Crippen LogP contribution in [-0.2, 0) is 5.41 Å². The molecule has 0 amide bonds. The van der Waals surface area contributed by atoms with Crippen molar-refractivity contribution in [1.82, 2.24) is 0 Å². The van der Waals surface area contributed by atoms with Gasteiger partial charge in [-0.1, -0.05) is 54.8 Å². The number of hydrogen-bond donors (Lipinski definition) is 0. The van der Waals surface area contributed by atoms with E-state index in [9.17, 15) is 0 Å². The first-order valence-electron chi connectivity index (χ1n) is 6.46. The molecule has 0 aliphatic carbocycles. The fourth-order valence-corrected chi connectivity index (χ4v) is 3.56. The Hall–Kier alpha value is 0.280. The summed E-state index contributed by atoms with van der Waals surface area (Å²) in [6, 6.07) is 8.39. The smallest absolute Gasteiger partial charge is 0.0332 e. The van der Waals surface area contributed by atoms with Gasteiger partial charge in [-0.15, -0.1) is 23.2 Å². The maximum atomic E-state index is 6.25. The van der Waals surface area contributed by atoms with E-state index in [0.29, 0.717) is 17.7 Å². The van der Waals surface area contributed by atoms with Gasteiger partial charge in [0.2, 0.25) is 0 Å². The molecule has 0 nitrogen and oxygen atoms in total. The summed E-state index contributed by atoms with van der Waals surface area (Å²) in [5, 5.41) is 0. The highest BCUT2D eigenvalue weighted by Gasteiger charge is 2.32. The summed E-state index contributed by atoms with van der Waals surface area (Å²) in [7, 11) is 0. The molecule has 1 rings (SSSR count). The SMILES string of the molecule is CCCC(C)CC(CCl)(CCl)c1ccc(Br)cc1. The summed E-state index contributed by atoms with van der Waals surface area (Å²) in [5.41, 5.74) is 1.15. The molecule has 1 aromatic carbocycles. The zero-order valence-corrected chi connectivity index (χ0v) is 14.2. The quantitative estimate of drug-likeness (QED) is 0.529. The predicted molar refractivity (Wildman–Crippen MR) is 85.9 cm³/mol. The molecule has 1 unspecified atom stereocenters. The van der Waals surface area contributed by atoms with E-state index < -0.39 is 0 Å². The van der Waals surface area contributed by atoms with Gasteiger partial charge in [0.05, 0.1) is 0 Å². The average Bonchev–Trinajstić information content (AvgIpc) is 2.37. The van der Waals surface area contributed by atoms with Gasteiger partial charge in [-0.25, -0.2) is 0 Å². The second-order valence-corrected chi connectivity index (χ2v) is 6.60. The highest BCUT2D eigenvalue weighted by atomic mass is 79.9. The van der Waals surface area contributed by atoms with E-state index in [1.807, 2.05) is 0 Å². The van der Waals surface area contributed by atoms with E-state index in [1.54, 1.807) is 0 Å². The van der Waals surface area contributed by atoms with Crippen molar-refractivity contribution >= 4 is 39.1 Å². The molecule has 0 aromatic heterocycles. The molecular formula is C15H21BrCl2. The van der Waals surface area contributed by atoms with Crippen LogP contribution >= 0.6 is 39.1 Å². The van der Waals surface area contributed by atoms with Crippen LogP contribution in [0.3, 0.4) is 0 Å². The highest BCUT2D eigenvalue weighted by molar-refractivity contribution is 9.10. The third-order valence-corrected chi connectivity index (χ3v) is 5.04. The number of alkyl halides is 2. The second-order valence-electron chi connectivity index (χ2n) is 5.15. The molecular weight excluding hydrogens is 331 g/mol. The largest absolute Gasteiger partial charge is 0.126 e. The van der Waals surface area contributed by atoms with Crippen molar-refractivity contribution in [2.75, 3.05) is 11.8 Å². The van der Waals surface area contributed by atoms with Crippen LogP contribution in [0.1, 0.15) is 38.7 Å². The van der Waals surface area contributed by atoms with Crippen molar-refractivity contribution in [1.29, 1.82) is 0 Å². The predicted octanol–water partition coefficient (Wildman–Crippen LogP) is 5.99. The van der Waals surface area contributed by atoms with Crippen molar-refractivity contribution in [3.05, 3.63) is 34.3 Å². The molecule has 0 aliphatic heterocycles. The van der Waals surface area contributed by atoms with Crippen LogP contribution in [0.15, 0.2) is 28.7 Å². The Labute approximate surface area is 129 Å². The van der Waals surface area contributed by atoms with E-state index in [2.05, 4.69) is 54.0 Å². The normalized spacial score (nSPS) is 13.6. The fraction of sp³-hybridized carbons (Fsp3) is 0.600. The second kappa shape index (κ2) is 7.77. The van der Waals surface area contributed by atoms with E-state index in [0.717, 1.165) is 10.9 Å². The Bertz CT molecular complexity index is 344. The Morgan fingerprint density at radius 1 is 1.17 bits per heavy atom. The van der Waals surface area contributed by atoms with Gasteiger partial charge in [-0.05, 0) is 30.0 Å². The van der Waals surface area contributed by atoms with Gasteiger partial charge in [0, 0.05) is 21.6 Å². The highest BCUT2D eigenvalue weighted by Crippen LogP contribution is 2.36. The van der Waals surface area contributed by atoms with Crippen molar-refractivity contribution in [3.63, 3.8) is 0 Å². The number of benzene rings is 1. The van der Waals surface area contributed by atoms with Gasteiger partial charge < -0.3 is 0 Å². The number of rotatable bonds is 7. The Balaban J connectivity index is 2.95. The van der Waals surface area contributed by atoms with Crippen molar-refractivity contribution < 1.29 is 0 Å². The first-order chi connectivity index (χ1) is 8.57. The van der Waals surface area contributed by atoms with Crippen molar-refractivity contribution in [2.24, 2.45) is 5.92 Å². The molecule has 0 heterocycles. The summed E-state index contributed by atoms with van der Waals surface area (Å²) in [4.78, 5) is 0. The first-order valence-corrected chi connectivity index (χ1v) is 8.32. The topological polar surface area (TPSA) is 0 Å². The lowest BCUT2D eigenvalue weighted by Gasteiger charge is -2.33. The lowest BCUT2D eigenvalue weighted by atomic mass is 9.76. The summed E-state index contributed by atoms with van der Waals surface area (Å²) in [5.74, 6) is 1.80. The summed E-state index contributed by atoms with van der Waals surface area (Å²) in [6.07, 6.45) is 3.49. The Kier molecular flexibility index (Phi) is 7.05. The molecule has 3 heteroatoms. The summed E-state index contributed by atoms with van der Waals surface area (Å²) in [6.45, 7) is 4.51. The van der Waals surface area contributed by atoms with Gasteiger partial charge in [-0.3, -0.25) is 0 Å². The van der Waals surface area contributed by atoms with Crippen LogP contribution in [0, 0.1) is 5.92 Å². The van der Waals surface area contributed by atoms with E-state index in [1.165, 1.54) is 18.4 Å². The lowest BCUT2D eigenvalue weighted by molar-refractivity contribution is 0.368. The van der Waals surface area contributed by atoms with Crippen LogP contribution in [0.4, 0.5) is 0 Å². The number of halogens is 3. The minimum Gasteiger partial charge on any atom is -0.126 e. The van der Waals surface area contributed by atoms with Crippen LogP contribution in [0.5, 0.6) is 0 Å². The van der Waals surface area contributed by atoms with Gasteiger partial charge in [0.1, 0.15) is 0 Å². The monoisotopic (exact) mass is 350 g/mol. The molecule has 0 radical (unpaired) electrons. The molecule has 0 spiro atoms. The van der Waals surface area contributed by atoms with Crippen LogP contribution in [-0.4, -0.2) is 11.8 Å². The lowest BCUT2D eigenvalue weighted by Crippen LogP contribution is -2.32. The molecule has 0 saturated carbocycles. The molecule has 0 saturated heterocycles. The minimum absolute atomic E-state index is 0.0988. The molecule has 0 fully saturated rings. The number of hydrogen-bond acceptors (Lipinski definition) is 0. The van der Waals surface area contributed by atoms with Crippen molar-refractivity contribution in [3.8, 4) is 0 Å². The molecule has 18 heavy (non-hydrogen) atoms. The van der Waals surface area contributed by atoms with Gasteiger partial charge in [-0.2, -0.15) is 0 Å². The standard InChI is InChI=1S/C15H21BrCl2/c1-3-4-12(2)9-15(10-17,11-18)13-5-7-14(16)8-6-13/h5-8,12H,3-4,9-11H2,1-2H3. The molecule has 0 aliphatic rings. The molecule has 1 aromatic rings. The van der Waals surface area contributed by atoms with Crippen LogP contribution in [0.2, 0.25) is 0 Å². The van der Waals surface area contributed by atoms with Gasteiger partial charge in [0.15, 0.2) is 0 Å². The maximum absolute atomic E-state index is 6.25. The van der Waals surface area contributed by atoms with Gasteiger partial charge >= 0.3 is 0 Å². The van der Waals surface area contributed by atoms with Crippen molar-refractivity contribution in [2.45, 2.75) is 38.5 Å². The molecule has 0 N–H and O–H groups in total.